The fraction of sp³-hybridized carbons (Fsp3) is 0.400. The summed E-state index contributed by atoms with van der Waals surface area (Å²) < 4.78 is 19.6. The van der Waals surface area contributed by atoms with Crippen molar-refractivity contribution in [1.82, 2.24) is 4.90 Å². The summed E-state index contributed by atoms with van der Waals surface area (Å²) in [5, 5.41) is 1.97. The summed E-state index contributed by atoms with van der Waals surface area (Å²) in [5.41, 5.74) is -0.0615. The number of thiophene rings is 1. The fourth-order valence-corrected chi connectivity index (χ4v) is 4.52. The average Bonchev–Trinajstić information content (AvgIpc) is 3.17. The quantitative estimate of drug-likeness (QED) is 0.813. The lowest BCUT2D eigenvalue weighted by atomic mass is 9.90. The number of amides is 2. The highest BCUT2D eigenvalue weighted by Gasteiger charge is 2.44. The Kier molecular flexibility index (Phi) is 4.97. The van der Waals surface area contributed by atoms with Crippen molar-refractivity contribution in [2.45, 2.75) is 24.9 Å². The van der Waals surface area contributed by atoms with Crippen molar-refractivity contribution < 1.29 is 18.7 Å². The number of anilines is 1. The lowest BCUT2D eigenvalue weighted by Gasteiger charge is -2.47. The summed E-state index contributed by atoms with van der Waals surface area (Å²) in [6.07, 6.45) is 1.98. The molecule has 0 N–H and O–H groups in total. The van der Waals surface area contributed by atoms with Crippen LogP contribution in [0.25, 0.3) is 0 Å². The molecular formula is C20H21FN2O3S. The lowest BCUT2D eigenvalue weighted by molar-refractivity contribution is -0.153. The van der Waals surface area contributed by atoms with Gasteiger partial charge in [-0.25, -0.2) is 4.39 Å². The van der Waals surface area contributed by atoms with Gasteiger partial charge in [0.1, 0.15) is 18.0 Å². The van der Waals surface area contributed by atoms with Gasteiger partial charge in [-0.1, -0.05) is 12.1 Å². The van der Waals surface area contributed by atoms with Crippen LogP contribution in [0.2, 0.25) is 0 Å². The molecule has 0 bridgehead atoms. The van der Waals surface area contributed by atoms with Crippen molar-refractivity contribution in [2.24, 2.45) is 0 Å². The summed E-state index contributed by atoms with van der Waals surface area (Å²) >= 11 is 1.57. The van der Waals surface area contributed by atoms with Gasteiger partial charge in [0.2, 0.25) is 5.91 Å². The molecule has 0 radical (unpaired) electrons. The number of rotatable bonds is 3. The molecule has 1 atom stereocenters. The molecule has 2 saturated heterocycles. The van der Waals surface area contributed by atoms with Crippen LogP contribution in [0, 0.1) is 5.82 Å². The second-order valence-corrected chi connectivity index (χ2v) is 8.14. The Balaban J connectivity index is 1.50. The Morgan fingerprint density at radius 1 is 1.26 bits per heavy atom. The molecule has 0 saturated carbocycles. The Morgan fingerprint density at radius 3 is 2.93 bits per heavy atom. The van der Waals surface area contributed by atoms with Gasteiger partial charge in [0.05, 0.1) is 19.5 Å². The molecule has 2 amide bonds. The minimum atomic E-state index is -0.594. The van der Waals surface area contributed by atoms with Gasteiger partial charge in [-0.05, 0) is 42.5 Å². The number of nitrogens with zero attached hydrogens (tertiary/aromatic N) is 2. The smallest absolute Gasteiger partial charge is 0.253 e. The van der Waals surface area contributed by atoms with Gasteiger partial charge in [0, 0.05) is 17.1 Å². The monoisotopic (exact) mass is 388 g/mol. The zero-order valence-corrected chi connectivity index (χ0v) is 15.7. The van der Waals surface area contributed by atoms with E-state index in [1.807, 2.05) is 22.4 Å². The van der Waals surface area contributed by atoms with Crippen LogP contribution in [0.1, 0.15) is 17.7 Å². The molecule has 4 rings (SSSR count). The molecule has 3 heterocycles. The van der Waals surface area contributed by atoms with Gasteiger partial charge in [0.15, 0.2) is 0 Å². The van der Waals surface area contributed by atoms with Crippen LogP contribution >= 0.6 is 11.3 Å². The second-order valence-electron chi connectivity index (χ2n) is 7.11. The predicted molar refractivity (Wildman–Crippen MR) is 101 cm³/mol. The van der Waals surface area contributed by atoms with E-state index in [1.54, 1.807) is 28.4 Å². The summed E-state index contributed by atoms with van der Waals surface area (Å²) in [4.78, 5) is 29.5. The van der Waals surface area contributed by atoms with Crippen molar-refractivity contribution in [3.05, 3.63) is 52.5 Å². The first kappa shape index (κ1) is 18.1. The Labute approximate surface area is 161 Å². The molecule has 2 aromatic rings. The normalized spacial score (nSPS) is 23.1. The minimum Gasteiger partial charge on any atom is -0.361 e. The van der Waals surface area contributed by atoms with Gasteiger partial charge in [-0.2, -0.15) is 0 Å². The number of likely N-dealkylation sites (tertiary alicyclic amines) is 1. The molecule has 142 valence electrons. The van der Waals surface area contributed by atoms with Crippen LogP contribution in [-0.4, -0.2) is 48.6 Å². The van der Waals surface area contributed by atoms with E-state index in [0.29, 0.717) is 31.7 Å². The summed E-state index contributed by atoms with van der Waals surface area (Å²) in [6, 6.07) is 9.94. The third-order valence-electron chi connectivity index (χ3n) is 5.17. The average molecular weight is 388 g/mol. The standard InChI is InChI=1S/C20H21FN2O3S/c21-15-4-1-5-16(10-15)23-14-20(26-12-19(23)25)7-3-8-22(13-20)18(24)11-17-6-2-9-27-17/h1-2,4-6,9-10H,3,7-8,11-14H2. The molecule has 27 heavy (non-hydrogen) atoms. The zero-order chi connectivity index (χ0) is 18.9. The van der Waals surface area contributed by atoms with Crippen LogP contribution in [0.4, 0.5) is 10.1 Å². The van der Waals surface area contributed by atoms with Crippen molar-refractivity contribution in [3.63, 3.8) is 0 Å². The largest absolute Gasteiger partial charge is 0.361 e. The molecule has 7 heteroatoms. The molecular weight excluding hydrogens is 367 g/mol. The van der Waals surface area contributed by atoms with Gasteiger partial charge in [-0.15, -0.1) is 11.3 Å². The maximum atomic E-state index is 13.6. The van der Waals surface area contributed by atoms with Crippen molar-refractivity contribution in [2.75, 3.05) is 31.1 Å². The van der Waals surface area contributed by atoms with Crippen LogP contribution in [0.5, 0.6) is 0 Å². The number of carbonyl (C=O) groups excluding carboxylic acids is 2. The van der Waals surface area contributed by atoms with E-state index in [4.69, 9.17) is 4.74 Å². The third-order valence-corrected chi connectivity index (χ3v) is 6.04. The molecule has 5 nitrogen and oxygen atoms in total. The predicted octanol–water partition coefficient (Wildman–Crippen LogP) is 2.85. The molecule has 1 spiro atoms. The van der Waals surface area contributed by atoms with E-state index in [2.05, 4.69) is 0 Å². The van der Waals surface area contributed by atoms with E-state index < -0.39 is 5.60 Å². The summed E-state index contributed by atoms with van der Waals surface area (Å²) in [5.74, 6) is -0.486. The molecule has 2 aliphatic heterocycles. The number of piperidine rings is 1. The van der Waals surface area contributed by atoms with Gasteiger partial charge >= 0.3 is 0 Å². The maximum absolute atomic E-state index is 13.6. The second kappa shape index (κ2) is 7.40. The first-order chi connectivity index (χ1) is 13.0. The fourth-order valence-electron chi connectivity index (χ4n) is 3.83. The topological polar surface area (TPSA) is 49.9 Å². The Bertz CT molecular complexity index is 842. The SMILES string of the molecule is O=C(Cc1cccs1)N1CCCC2(C1)CN(c1cccc(F)c1)C(=O)CO2. The van der Waals surface area contributed by atoms with Crippen LogP contribution in [0.15, 0.2) is 41.8 Å². The zero-order valence-electron chi connectivity index (χ0n) is 14.9. The van der Waals surface area contributed by atoms with Gasteiger partial charge in [-0.3, -0.25) is 9.59 Å². The first-order valence-corrected chi connectivity index (χ1v) is 9.93. The molecule has 0 aliphatic carbocycles. The highest BCUT2D eigenvalue weighted by molar-refractivity contribution is 7.10. The van der Waals surface area contributed by atoms with Gasteiger partial charge < -0.3 is 14.5 Å². The maximum Gasteiger partial charge on any atom is 0.253 e. The van der Waals surface area contributed by atoms with Crippen LogP contribution in [0.3, 0.4) is 0 Å². The number of morpholine rings is 1. The van der Waals surface area contributed by atoms with Crippen molar-refractivity contribution in [1.29, 1.82) is 0 Å². The van der Waals surface area contributed by atoms with Crippen molar-refractivity contribution in [3.8, 4) is 0 Å². The number of ether oxygens (including phenoxy) is 1. The third kappa shape index (κ3) is 3.89. The van der Waals surface area contributed by atoms with E-state index in [9.17, 15) is 14.0 Å². The Morgan fingerprint density at radius 2 is 2.15 bits per heavy atom. The lowest BCUT2D eigenvalue weighted by Crippen LogP contribution is -2.62. The molecule has 1 unspecified atom stereocenters. The molecule has 2 fully saturated rings. The Hall–Kier alpha value is -2.25. The molecule has 1 aromatic carbocycles. The van der Waals surface area contributed by atoms with E-state index in [1.165, 1.54) is 12.1 Å². The number of hydrogen-bond acceptors (Lipinski definition) is 4. The minimum absolute atomic E-state index is 0.0521. The van der Waals surface area contributed by atoms with E-state index in [0.717, 1.165) is 17.7 Å². The van der Waals surface area contributed by atoms with Crippen LogP contribution in [-0.2, 0) is 20.7 Å². The number of halogens is 1. The van der Waals surface area contributed by atoms with Crippen molar-refractivity contribution >= 4 is 28.8 Å². The van der Waals surface area contributed by atoms with Gasteiger partial charge in [0.25, 0.3) is 5.91 Å². The number of hydrogen-bond donors (Lipinski definition) is 0. The summed E-state index contributed by atoms with van der Waals surface area (Å²) in [6.45, 7) is 1.43. The summed E-state index contributed by atoms with van der Waals surface area (Å²) in [7, 11) is 0. The number of carbonyl (C=O) groups is 2. The molecule has 1 aromatic heterocycles. The van der Waals surface area contributed by atoms with E-state index >= 15 is 0 Å². The highest BCUT2D eigenvalue weighted by atomic mass is 32.1. The highest BCUT2D eigenvalue weighted by Crippen LogP contribution is 2.32. The number of benzene rings is 1. The first-order valence-electron chi connectivity index (χ1n) is 9.05. The van der Waals surface area contributed by atoms with E-state index in [-0.39, 0.29) is 24.2 Å². The van der Waals surface area contributed by atoms with Crippen LogP contribution < -0.4 is 4.90 Å². The molecule has 2 aliphatic rings.